The van der Waals surface area contributed by atoms with Crippen LogP contribution in [0.3, 0.4) is 0 Å². The van der Waals surface area contributed by atoms with E-state index in [4.69, 9.17) is 14.5 Å². The molecule has 31 heavy (non-hydrogen) atoms. The third kappa shape index (κ3) is 4.18. The lowest BCUT2D eigenvalue weighted by Crippen LogP contribution is -2.37. The van der Waals surface area contributed by atoms with Crippen molar-refractivity contribution in [1.82, 2.24) is 14.1 Å². The lowest BCUT2D eigenvalue weighted by molar-refractivity contribution is -0.0876. The first-order valence-electron chi connectivity index (χ1n) is 10.9. The fraction of sp³-hybridized carbons (Fsp3) is 0.500. The third-order valence-corrected chi connectivity index (χ3v) is 6.02. The van der Waals surface area contributed by atoms with Crippen molar-refractivity contribution in [3.63, 3.8) is 0 Å². The Bertz CT molecular complexity index is 1110. The maximum Gasteiger partial charge on any atom is 0.253 e. The van der Waals surface area contributed by atoms with Gasteiger partial charge in [0.25, 0.3) is 5.56 Å². The van der Waals surface area contributed by atoms with Crippen LogP contribution in [0, 0.1) is 6.92 Å². The molecule has 0 saturated carbocycles. The van der Waals surface area contributed by atoms with Gasteiger partial charge in [0, 0.05) is 44.5 Å². The van der Waals surface area contributed by atoms with Crippen molar-refractivity contribution in [2.75, 3.05) is 26.4 Å². The quantitative estimate of drug-likeness (QED) is 0.656. The molecule has 7 heteroatoms. The van der Waals surface area contributed by atoms with Gasteiger partial charge in [-0.05, 0) is 62.9 Å². The van der Waals surface area contributed by atoms with E-state index in [1.807, 2.05) is 48.9 Å². The minimum absolute atomic E-state index is 0.00341. The average Bonchev–Trinajstić information content (AvgIpc) is 3.16. The van der Waals surface area contributed by atoms with E-state index in [1.54, 1.807) is 18.5 Å². The van der Waals surface area contributed by atoms with E-state index in [0.717, 1.165) is 40.8 Å². The largest absolute Gasteiger partial charge is 0.381 e. The van der Waals surface area contributed by atoms with Gasteiger partial charge < -0.3 is 19.1 Å². The summed E-state index contributed by atoms with van der Waals surface area (Å²) in [6.07, 6.45) is 3.59. The van der Waals surface area contributed by atoms with Crippen molar-refractivity contribution in [2.45, 2.75) is 45.3 Å². The number of hydrogen-bond acceptors (Lipinski definition) is 5. The molecule has 4 rings (SSSR count). The van der Waals surface area contributed by atoms with Gasteiger partial charge in [-0.15, -0.1) is 0 Å². The van der Waals surface area contributed by atoms with Crippen molar-refractivity contribution in [2.24, 2.45) is 7.05 Å². The maximum atomic E-state index is 12.1. The molecule has 166 valence electrons. The molecule has 1 atom stereocenters. The Morgan fingerprint density at radius 2 is 2.00 bits per heavy atom. The average molecular weight is 426 g/mol. The van der Waals surface area contributed by atoms with Crippen LogP contribution >= 0.6 is 0 Å². The lowest BCUT2D eigenvalue weighted by Gasteiger charge is -2.31. The number of aromatic nitrogens is 3. The number of aryl methyl sites for hydroxylation is 2. The molecule has 3 heterocycles. The van der Waals surface area contributed by atoms with E-state index in [9.17, 15) is 9.90 Å². The van der Waals surface area contributed by atoms with Gasteiger partial charge in [-0.25, -0.2) is 4.98 Å². The van der Waals surface area contributed by atoms with Crippen molar-refractivity contribution in [1.29, 1.82) is 0 Å². The molecular weight excluding hydrogens is 394 g/mol. The van der Waals surface area contributed by atoms with Gasteiger partial charge in [-0.3, -0.25) is 9.36 Å². The van der Waals surface area contributed by atoms with Crippen molar-refractivity contribution < 1.29 is 14.6 Å². The van der Waals surface area contributed by atoms with Crippen LogP contribution in [0.5, 0.6) is 0 Å². The zero-order valence-electron chi connectivity index (χ0n) is 18.7. The first-order chi connectivity index (χ1) is 14.8. The number of imidazole rings is 1. The van der Waals surface area contributed by atoms with E-state index < -0.39 is 5.72 Å². The fourth-order valence-electron chi connectivity index (χ4n) is 4.40. The molecule has 0 amide bonds. The molecule has 7 nitrogen and oxygen atoms in total. The van der Waals surface area contributed by atoms with E-state index >= 15 is 0 Å². The molecule has 3 aromatic rings. The second-order valence-electron chi connectivity index (χ2n) is 8.58. The van der Waals surface area contributed by atoms with Crippen molar-refractivity contribution in [3.8, 4) is 11.1 Å². The van der Waals surface area contributed by atoms with Gasteiger partial charge >= 0.3 is 0 Å². The number of hydrogen-bond donors (Lipinski definition) is 1. The van der Waals surface area contributed by atoms with E-state index in [0.29, 0.717) is 25.4 Å². The molecule has 1 fully saturated rings. The predicted molar refractivity (Wildman–Crippen MR) is 120 cm³/mol. The normalized spacial score (nSPS) is 17.2. The van der Waals surface area contributed by atoms with Crippen LogP contribution in [0.2, 0.25) is 0 Å². The summed E-state index contributed by atoms with van der Waals surface area (Å²) < 4.78 is 14.7. The fourth-order valence-corrected chi connectivity index (χ4v) is 4.40. The molecule has 0 unspecified atom stereocenters. The predicted octanol–water partition coefficient (Wildman–Crippen LogP) is 3.31. The highest BCUT2D eigenvalue weighted by Gasteiger charge is 2.32. The number of rotatable bonds is 6. The molecule has 0 bridgehead atoms. The Balaban J connectivity index is 1.89. The Morgan fingerprint density at radius 1 is 1.26 bits per heavy atom. The standard InChI is InChI=1S/C24H31N3O4/c1-5-30-15-24(3,29)27-21-13-18(19-12-16(2)23(28)26(4)14-19)6-7-20(21)25-22(27)17-8-10-31-11-9-17/h6-7,12-14,17,29H,5,8-11,15H2,1-4H3/t24-/m0/s1. The molecule has 2 aromatic heterocycles. The zero-order chi connectivity index (χ0) is 22.2. The number of fused-ring (bicyclic) bond motifs is 1. The summed E-state index contributed by atoms with van der Waals surface area (Å²) >= 11 is 0. The second-order valence-corrected chi connectivity index (χ2v) is 8.58. The molecule has 1 N–H and O–H groups in total. The smallest absolute Gasteiger partial charge is 0.253 e. The summed E-state index contributed by atoms with van der Waals surface area (Å²) in [6.45, 7) is 7.61. The van der Waals surface area contributed by atoms with Crippen LogP contribution in [-0.4, -0.2) is 45.7 Å². The molecule has 1 aliphatic heterocycles. The molecule has 0 aliphatic carbocycles. The summed E-state index contributed by atoms with van der Waals surface area (Å²) in [5, 5.41) is 11.4. The lowest BCUT2D eigenvalue weighted by atomic mass is 9.99. The van der Waals surface area contributed by atoms with Crippen molar-refractivity contribution >= 4 is 11.0 Å². The minimum Gasteiger partial charge on any atom is -0.381 e. The summed E-state index contributed by atoms with van der Waals surface area (Å²) in [6, 6.07) is 7.96. The molecule has 0 spiro atoms. The van der Waals surface area contributed by atoms with Crippen LogP contribution in [0.4, 0.5) is 0 Å². The highest BCUT2D eigenvalue weighted by molar-refractivity contribution is 5.83. The van der Waals surface area contributed by atoms with Gasteiger partial charge in [-0.1, -0.05) is 6.07 Å². The first-order valence-corrected chi connectivity index (χ1v) is 10.9. The Morgan fingerprint density at radius 3 is 2.68 bits per heavy atom. The first kappa shape index (κ1) is 21.7. The number of ether oxygens (including phenoxy) is 2. The Labute approximate surface area is 182 Å². The van der Waals surface area contributed by atoms with Gasteiger partial charge in [0.15, 0.2) is 5.72 Å². The van der Waals surface area contributed by atoms with Crippen LogP contribution in [0.25, 0.3) is 22.2 Å². The Hall–Kier alpha value is -2.48. The minimum atomic E-state index is -1.24. The molecular formula is C24H31N3O4. The highest BCUT2D eigenvalue weighted by atomic mass is 16.5. The van der Waals surface area contributed by atoms with Crippen LogP contribution < -0.4 is 5.56 Å². The second kappa shape index (κ2) is 8.57. The van der Waals surface area contributed by atoms with Crippen LogP contribution in [0.15, 0.2) is 35.3 Å². The van der Waals surface area contributed by atoms with Gasteiger partial charge in [0.05, 0.1) is 17.6 Å². The number of pyridine rings is 1. The SMILES string of the molecule is CCOC[C@](C)(O)n1c(C2CCOCC2)nc2ccc(-c3cc(C)c(=O)n(C)c3)cc21. The molecule has 0 radical (unpaired) electrons. The van der Waals surface area contributed by atoms with E-state index in [1.165, 1.54) is 0 Å². The number of benzene rings is 1. The van der Waals surface area contributed by atoms with E-state index in [2.05, 4.69) is 0 Å². The number of nitrogens with zero attached hydrogens (tertiary/aromatic N) is 3. The molecule has 1 aromatic carbocycles. The van der Waals surface area contributed by atoms with Crippen LogP contribution in [0.1, 0.15) is 44.0 Å². The van der Waals surface area contributed by atoms with Crippen LogP contribution in [-0.2, 0) is 22.2 Å². The van der Waals surface area contributed by atoms with Gasteiger partial charge in [0.2, 0.25) is 0 Å². The monoisotopic (exact) mass is 425 g/mol. The third-order valence-electron chi connectivity index (χ3n) is 6.02. The summed E-state index contributed by atoms with van der Waals surface area (Å²) in [5.41, 5.74) is 3.07. The molecule has 1 aliphatic rings. The Kier molecular flexibility index (Phi) is 6.01. The summed E-state index contributed by atoms with van der Waals surface area (Å²) in [5.74, 6) is 1.09. The summed E-state index contributed by atoms with van der Waals surface area (Å²) in [7, 11) is 1.76. The van der Waals surface area contributed by atoms with Crippen molar-refractivity contribution in [3.05, 3.63) is 52.2 Å². The zero-order valence-corrected chi connectivity index (χ0v) is 18.7. The van der Waals surface area contributed by atoms with Gasteiger partial charge in [0.1, 0.15) is 5.82 Å². The summed E-state index contributed by atoms with van der Waals surface area (Å²) in [4.78, 5) is 17.1. The van der Waals surface area contributed by atoms with Gasteiger partial charge in [-0.2, -0.15) is 0 Å². The molecule has 1 saturated heterocycles. The topological polar surface area (TPSA) is 78.5 Å². The number of aliphatic hydroxyl groups is 1. The van der Waals surface area contributed by atoms with E-state index in [-0.39, 0.29) is 18.1 Å². The highest BCUT2D eigenvalue weighted by Crippen LogP contribution is 2.35. The maximum absolute atomic E-state index is 12.1.